The smallest absolute Gasteiger partial charge is 0.322 e. The van der Waals surface area contributed by atoms with Crippen molar-refractivity contribution >= 4 is 22.6 Å². The minimum Gasteiger partial charge on any atom is -0.322 e. The van der Waals surface area contributed by atoms with Gasteiger partial charge in [0.2, 0.25) is 0 Å². The van der Waals surface area contributed by atoms with Crippen molar-refractivity contribution in [3.8, 4) is 11.1 Å². The average molecular weight is 437 g/mol. The summed E-state index contributed by atoms with van der Waals surface area (Å²) >= 11 is 0. The van der Waals surface area contributed by atoms with Crippen molar-refractivity contribution < 1.29 is 18.0 Å². The van der Waals surface area contributed by atoms with E-state index in [0.29, 0.717) is 17.2 Å². The van der Waals surface area contributed by atoms with Crippen molar-refractivity contribution in [2.45, 2.75) is 26.9 Å². The number of halogens is 3. The van der Waals surface area contributed by atoms with Crippen molar-refractivity contribution in [3.63, 3.8) is 0 Å². The maximum absolute atomic E-state index is 12.9. The maximum Gasteiger partial charge on any atom is 0.433 e. The molecule has 0 radical (unpaired) electrons. The summed E-state index contributed by atoms with van der Waals surface area (Å²) in [6.07, 6.45) is -1.96. The van der Waals surface area contributed by atoms with Gasteiger partial charge >= 0.3 is 6.18 Å². The standard InChI is InChI=1S/C23H18F3N5O/c1-12-4-5-17(31-22(32)15-6-7-27-20(9-15)23(24,25)26)10-18(12)19-8-16-11-28-14(3)30-21(16)29-13(19)2/h4-11H,1-3H3,(H,31,32). The molecule has 0 saturated heterocycles. The Morgan fingerprint density at radius 2 is 1.72 bits per heavy atom. The number of benzene rings is 1. The Bertz CT molecular complexity index is 1350. The van der Waals surface area contributed by atoms with E-state index in [1.54, 1.807) is 25.3 Å². The number of fused-ring (bicyclic) bond motifs is 1. The van der Waals surface area contributed by atoms with E-state index >= 15 is 0 Å². The third-order valence-electron chi connectivity index (χ3n) is 4.98. The summed E-state index contributed by atoms with van der Waals surface area (Å²) in [5.41, 5.74) is 3.17. The quantitative estimate of drug-likeness (QED) is 0.472. The molecule has 0 aliphatic rings. The lowest BCUT2D eigenvalue weighted by atomic mass is 9.98. The number of carbonyl (C=O) groups excluding carboxylic acids is 1. The first-order valence-electron chi connectivity index (χ1n) is 9.68. The Kier molecular flexibility index (Phi) is 5.33. The number of nitrogens with one attached hydrogen (secondary N) is 1. The molecule has 4 rings (SSSR count). The fourth-order valence-electron chi connectivity index (χ4n) is 3.33. The van der Waals surface area contributed by atoms with Crippen LogP contribution in [0.15, 0.2) is 48.8 Å². The van der Waals surface area contributed by atoms with Crippen LogP contribution in [0, 0.1) is 20.8 Å². The molecule has 0 atom stereocenters. The molecule has 6 nitrogen and oxygen atoms in total. The van der Waals surface area contributed by atoms with Crippen LogP contribution in [-0.2, 0) is 6.18 Å². The van der Waals surface area contributed by atoms with Crippen molar-refractivity contribution in [1.82, 2.24) is 19.9 Å². The molecule has 1 N–H and O–H groups in total. The number of anilines is 1. The van der Waals surface area contributed by atoms with Gasteiger partial charge in [-0.3, -0.25) is 9.78 Å². The molecule has 1 aromatic carbocycles. The highest BCUT2D eigenvalue weighted by Crippen LogP contribution is 2.31. The van der Waals surface area contributed by atoms with E-state index in [9.17, 15) is 18.0 Å². The van der Waals surface area contributed by atoms with E-state index in [0.717, 1.165) is 40.0 Å². The minimum atomic E-state index is -4.63. The molecule has 0 aliphatic heterocycles. The molecule has 0 unspecified atom stereocenters. The van der Waals surface area contributed by atoms with Gasteiger partial charge in [-0.25, -0.2) is 15.0 Å². The van der Waals surface area contributed by atoms with E-state index in [2.05, 4.69) is 25.3 Å². The number of amides is 1. The van der Waals surface area contributed by atoms with Crippen LogP contribution in [0.4, 0.5) is 18.9 Å². The Labute approximate surface area is 181 Å². The van der Waals surface area contributed by atoms with Crippen LogP contribution in [0.3, 0.4) is 0 Å². The van der Waals surface area contributed by atoms with Crippen LogP contribution in [0.2, 0.25) is 0 Å². The molecule has 3 aromatic heterocycles. The van der Waals surface area contributed by atoms with Gasteiger partial charge in [0, 0.05) is 40.3 Å². The number of aromatic nitrogens is 4. The molecular weight excluding hydrogens is 419 g/mol. The molecule has 32 heavy (non-hydrogen) atoms. The summed E-state index contributed by atoms with van der Waals surface area (Å²) in [7, 11) is 0. The minimum absolute atomic E-state index is 0.134. The number of carbonyl (C=O) groups is 1. The monoisotopic (exact) mass is 437 g/mol. The summed E-state index contributed by atoms with van der Waals surface area (Å²) in [5.74, 6) is -0.0345. The van der Waals surface area contributed by atoms with Gasteiger partial charge in [0.05, 0.1) is 0 Å². The third-order valence-corrected chi connectivity index (χ3v) is 4.98. The molecule has 0 saturated carbocycles. The van der Waals surface area contributed by atoms with E-state index in [-0.39, 0.29) is 5.56 Å². The summed E-state index contributed by atoms with van der Waals surface area (Å²) < 4.78 is 38.7. The molecule has 3 heterocycles. The van der Waals surface area contributed by atoms with Crippen LogP contribution < -0.4 is 5.32 Å². The normalized spacial score (nSPS) is 11.6. The van der Waals surface area contributed by atoms with Crippen LogP contribution in [0.5, 0.6) is 0 Å². The molecule has 1 amide bonds. The Balaban J connectivity index is 1.68. The topological polar surface area (TPSA) is 80.7 Å². The molecular formula is C23H18F3N5O. The average Bonchev–Trinajstić information content (AvgIpc) is 2.74. The fourth-order valence-corrected chi connectivity index (χ4v) is 3.33. The largest absolute Gasteiger partial charge is 0.433 e. The Hall–Kier alpha value is -3.88. The Morgan fingerprint density at radius 1 is 0.938 bits per heavy atom. The van der Waals surface area contributed by atoms with Crippen LogP contribution in [0.25, 0.3) is 22.2 Å². The number of pyridine rings is 2. The van der Waals surface area contributed by atoms with Crippen molar-refractivity contribution in [3.05, 3.63) is 77.1 Å². The second-order valence-electron chi connectivity index (χ2n) is 7.36. The molecule has 162 valence electrons. The van der Waals surface area contributed by atoms with Crippen LogP contribution >= 0.6 is 0 Å². The fraction of sp³-hybridized carbons (Fsp3) is 0.174. The number of aryl methyl sites for hydroxylation is 3. The summed E-state index contributed by atoms with van der Waals surface area (Å²) in [6.45, 7) is 5.59. The second-order valence-corrected chi connectivity index (χ2v) is 7.36. The van der Waals surface area contributed by atoms with Gasteiger partial charge in [-0.2, -0.15) is 13.2 Å². The molecule has 0 aliphatic carbocycles. The van der Waals surface area contributed by atoms with Crippen molar-refractivity contribution in [2.24, 2.45) is 0 Å². The number of hydrogen-bond acceptors (Lipinski definition) is 5. The number of hydrogen-bond donors (Lipinski definition) is 1. The van der Waals surface area contributed by atoms with E-state index in [4.69, 9.17) is 0 Å². The zero-order chi connectivity index (χ0) is 23.0. The number of nitrogens with zero attached hydrogens (tertiary/aromatic N) is 4. The van der Waals surface area contributed by atoms with Gasteiger partial charge in [0.25, 0.3) is 5.91 Å². The van der Waals surface area contributed by atoms with Gasteiger partial charge in [-0.15, -0.1) is 0 Å². The lowest BCUT2D eigenvalue weighted by molar-refractivity contribution is -0.141. The third kappa shape index (κ3) is 4.27. The SMILES string of the molecule is Cc1ncc2cc(-c3cc(NC(=O)c4ccnc(C(F)(F)F)c4)ccc3C)c(C)nc2n1. The van der Waals surface area contributed by atoms with Crippen molar-refractivity contribution in [1.29, 1.82) is 0 Å². The van der Waals surface area contributed by atoms with Crippen LogP contribution in [-0.4, -0.2) is 25.8 Å². The van der Waals surface area contributed by atoms with E-state index in [1.165, 1.54) is 6.07 Å². The van der Waals surface area contributed by atoms with Gasteiger partial charge in [0.15, 0.2) is 5.65 Å². The summed E-state index contributed by atoms with van der Waals surface area (Å²) in [4.78, 5) is 29.0. The molecule has 0 fully saturated rings. The van der Waals surface area contributed by atoms with Crippen molar-refractivity contribution in [2.75, 3.05) is 5.32 Å². The molecule has 0 bridgehead atoms. The Morgan fingerprint density at radius 3 is 2.47 bits per heavy atom. The van der Waals surface area contributed by atoms with Gasteiger partial charge in [-0.1, -0.05) is 6.07 Å². The van der Waals surface area contributed by atoms with E-state index in [1.807, 2.05) is 26.0 Å². The van der Waals surface area contributed by atoms with Crippen LogP contribution in [0.1, 0.15) is 33.1 Å². The first kappa shape index (κ1) is 21.4. The number of alkyl halides is 3. The summed E-state index contributed by atoms with van der Waals surface area (Å²) in [6, 6.07) is 9.18. The predicted molar refractivity (Wildman–Crippen MR) is 114 cm³/mol. The zero-order valence-electron chi connectivity index (χ0n) is 17.4. The molecule has 0 spiro atoms. The first-order valence-corrected chi connectivity index (χ1v) is 9.68. The maximum atomic E-state index is 12.9. The lowest BCUT2D eigenvalue weighted by Gasteiger charge is -2.13. The highest BCUT2D eigenvalue weighted by molar-refractivity contribution is 6.04. The first-order chi connectivity index (χ1) is 15.1. The van der Waals surface area contributed by atoms with E-state index < -0.39 is 17.8 Å². The highest BCUT2D eigenvalue weighted by Gasteiger charge is 2.33. The number of rotatable bonds is 3. The molecule has 9 heteroatoms. The second kappa shape index (κ2) is 7.99. The lowest BCUT2D eigenvalue weighted by Crippen LogP contribution is -2.15. The predicted octanol–water partition coefficient (Wildman–Crippen LogP) is 5.28. The summed E-state index contributed by atoms with van der Waals surface area (Å²) in [5, 5.41) is 3.44. The van der Waals surface area contributed by atoms with Gasteiger partial charge in [0.1, 0.15) is 11.5 Å². The van der Waals surface area contributed by atoms with Gasteiger partial charge < -0.3 is 5.32 Å². The zero-order valence-corrected chi connectivity index (χ0v) is 17.4. The highest BCUT2D eigenvalue weighted by atomic mass is 19.4. The molecule has 4 aromatic rings. The van der Waals surface area contributed by atoms with Gasteiger partial charge in [-0.05, 0) is 62.2 Å².